The molecule has 0 saturated heterocycles. The van der Waals surface area contributed by atoms with E-state index in [1.54, 1.807) is 6.92 Å². The Balaban J connectivity index is 1.58. The van der Waals surface area contributed by atoms with Crippen LogP contribution in [0.25, 0.3) is 0 Å². The highest BCUT2D eigenvalue weighted by atomic mass is 19.4. The first-order valence-electron chi connectivity index (χ1n) is 9.06. The molecule has 7 nitrogen and oxygen atoms in total. The Morgan fingerprint density at radius 3 is 2.39 bits per heavy atom. The number of fused-ring (bicyclic) bond motifs is 1. The molecule has 1 aliphatic carbocycles. The van der Waals surface area contributed by atoms with E-state index >= 15 is 0 Å². The standard InChI is InChI=1S/C18H20F3N5O2/c1-10-8-25(15(27)12-5-22-14(23-6-12)11-3-4-11)9-13-7-24-16(26(10)13)17(2,28)18(19,20)21/h5-7,10-11,28H,3-4,8-9H2,1-2H3/t10-,17?/m0/s1. The molecule has 28 heavy (non-hydrogen) atoms. The van der Waals surface area contributed by atoms with Crippen molar-refractivity contribution in [3.05, 3.63) is 41.5 Å². The number of rotatable bonds is 3. The highest BCUT2D eigenvalue weighted by Crippen LogP contribution is 2.40. The third kappa shape index (κ3) is 3.05. The maximum Gasteiger partial charge on any atom is 0.424 e. The number of imidazole rings is 1. The zero-order chi connectivity index (χ0) is 20.3. The molecule has 0 bridgehead atoms. The van der Waals surface area contributed by atoms with Gasteiger partial charge in [-0.1, -0.05) is 0 Å². The molecule has 2 aromatic rings. The normalized spacial score (nSPS) is 21.9. The van der Waals surface area contributed by atoms with Gasteiger partial charge in [0.2, 0.25) is 5.60 Å². The number of alkyl halides is 3. The molecule has 1 amide bonds. The second-order valence-corrected chi connectivity index (χ2v) is 7.65. The van der Waals surface area contributed by atoms with Crippen LogP contribution in [0.4, 0.5) is 13.2 Å². The molecule has 1 saturated carbocycles. The van der Waals surface area contributed by atoms with Crippen LogP contribution in [0, 0.1) is 0 Å². The van der Waals surface area contributed by atoms with Crippen LogP contribution in [0.3, 0.4) is 0 Å². The molecule has 1 aliphatic heterocycles. The average Bonchev–Trinajstić information content (AvgIpc) is 3.38. The van der Waals surface area contributed by atoms with E-state index in [0.29, 0.717) is 24.1 Å². The van der Waals surface area contributed by atoms with Crippen LogP contribution < -0.4 is 0 Å². The number of carbonyl (C=O) groups is 1. The Hall–Kier alpha value is -2.49. The Kier molecular flexibility index (Phi) is 4.22. The highest BCUT2D eigenvalue weighted by molar-refractivity contribution is 5.93. The minimum atomic E-state index is -4.86. The van der Waals surface area contributed by atoms with Crippen molar-refractivity contribution in [2.45, 2.75) is 57.0 Å². The van der Waals surface area contributed by atoms with Crippen molar-refractivity contribution in [1.82, 2.24) is 24.4 Å². The van der Waals surface area contributed by atoms with Crippen LogP contribution in [0.15, 0.2) is 18.6 Å². The van der Waals surface area contributed by atoms with Crippen LogP contribution >= 0.6 is 0 Å². The van der Waals surface area contributed by atoms with Crippen molar-refractivity contribution in [1.29, 1.82) is 0 Å². The fraction of sp³-hybridized carbons (Fsp3) is 0.556. The molecule has 10 heteroatoms. The predicted octanol–water partition coefficient (Wildman–Crippen LogP) is 2.54. The fourth-order valence-corrected chi connectivity index (χ4v) is 3.49. The van der Waals surface area contributed by atoms with Crippen molar-refractivity contribution >= 4 is 5.91 Å². The van der Waals surface area contributed by atoms with Gasteiger partial charge >= 0.3 is 6.18 Å². The minimum absolute atomic E-state index is 0.0918. The van der Waals surface area contributed by atoms with Gasteiger partial charge in [-0.3, -0.25) is 4.79 Å². The summed E-state index contributed by atoms with van der Waals surface area (Å²) in [6, 6.07) is -0.481. The first-order valence-corrected chi connectivity index (χ1v) is 9.06. The summed E-state index contributed by atoms with van der Waals surface area (Å²) in [6.45, 7) is 2.65. The molecular formula is C18H20F3N5O2. The topological polar surface area (TPSA) is 84.1 Å². The molecule has 1 fully saturated rings. The zero-order valence-corrected chi connectivity index (χ0v) is 15.4. The van der Waals surface area contributed by atoms with Crippen LogP contribution in [0.2, 0.25) is 0 Å². The van der Waals surface area contributed by atoms with E-state index in [1.165, 1.54) is 28.1 Å². The number of halogens is 3. The second-order valence-electron chi connectivity index (χ2n) is 7.65. The smallest absolute Gasteiger partial charge is 0.374 e. The third-order valence-electron chi connectivity index (χ3n) is 5.29. The van der Waals surface area contributed by atoms with Crippen molar-refractivity contribution in [3.63, 3.8) is 0 Å². The number of amides is 1. The van der Waals surface area contributed by atoms with E-state index in [2.05, 4.69) is 15.0 Å². The Morgan fingerprint density at radius 1 is 1.18 bits per heavy atom. The first kappa shape index (κ1) is 18.9. The molecule has 4 rings (SSSR count). The number of nitrogens with zero attached hydrogens (tertiary/aromatic N) is 5. The number of hydrogen-bond acceptors (Lipinski definition) is 5. The van der Waals surface area contributed by atoms with Gasteiger partial charge in [0.05, 0.1) is 30.0 Å². The summed E-state index contributed by atoms with van der Waals surface area (Å²) in [5.74, 6) is 0.367. The Bertz CT molecular complexity index is 903. The number of aromatic nitrogens is 4. The summed E-state index contributed by atoms with van der Waals surface area (Å²) >= 11 is 0. The van der Waals surface area contributed by atoms with E-state index in [4.69, 9.17) is 0 Å². The van der Waals surface area contributed by atoms with Crippen LogP contribution in [0.1, 0.15) is 66.3 Å². The summed E-state index contributed by atoms with van der Waals surface area (Å²) in [7, 11) is 0. The molecule has 0 spiro atoms. The average molecular weight is 395 g/mol. The van der Waals surface area contributed by atoms with E-state index in [-0.39, 0.29) is 19.0 Å². The molecule has 3 heterocycles. The van der Waals surface area contributed by atoms with Gasteiger partial charge in [0.25, 0.3) is 5.91 Å². The molecule has 0 aromatic carbocycles. The molecule has 1 unspecified atom stereocenters. The summed E-state index contributed by atoms with van der Waals surface area (Å²) < 4.78 is 41.1. The van der Waals surface area contributed by atoms with Crippen molar-refractivity contribution in [2.24, 2.45) is 0 Å². The molecule has 2 aliphatic rings. The van der Waals surface area contributed by atoms with Gasteiger partial charge in [-0.15, -0.1) is 0 Å². The van der Waals surface area contributed by atoms with E-state index < -0.39 is 23.6 Å². The van der Waals surface area contributed by atoms with Gasteiger partial charge in [-0.05, 0) is 26.7 Å². The van der Waals surface area contributed by atoms with E-state index in [1.807, 2.05) is 0 Å². The Morgan fingerprint density at radius 2 is 1.82 bits per heavy atom. The number of hydrogen-bond donors (Lipinski definition) is 1. The lowest BCUT2D eigenvalue weighted by atomic mass is 10.0. The lowest BCUT2D eigenvalue weighted by Crippen LogP contribution is -2.45. The quantitative estimate of drug-likeness (QED) is 0.864. The lowest BCUT2D eigenvalue weighted by Gasteiger charge is -2.36. The van der Waals surface area contributed by atoms with Crippen molar-refractivity contribution < 1.29 is 23.1 Å². The van der Waals surface area contributed by atoms with E-state index in [9.17, 15) is 23.1 Å². The monoisotopic (exact) mass is 395 g/mol. The maximum atomic E-state index is 13.2. The molecule has 2 aromatic heterocycles. The van der Waals surface area contributed by atoms with Crippen LogP contribution in [-0.4, -0.2) is 48.2 Å². The van der Waals surface area contributed by atoms with Crippen molar-refractivity contribution in [3.8, 4) is 0 Å². The number of aliphatic hydroxyl groups is 1. The molecule has 150 valence electrons. The van der Waals surface area contributed by atoms with Gasteiger partial charge in [-0.2, -0.15) is 13.2 Å². The highest BCUT2D eigenvalue weighted by Gasteiger charge is 2.55. The fourth-order valence-electron chi connectivity index (χ4n) is 3.49. The number of carbonyl (C=O) groups excluding carboxylic acids is 1. The van der Waals surface area contributed by atoms with Gasteiger partial charge in [-0.25, -0.2) is 15.0 Å². The predicted molar refractivity (Wildman–Crippen MR) is 91.3 cm³/mol. The van der Waals surface area contributed by atoms with Crippen molar-refractivity contribution in [2.75, 3.05) is 6.54 Å². The van der Waals surface area contributed by atoms with Gasteiger partial charge in [0.15, 0.2) is 5.82 Å². The SMILES string of the molecule is C[C@H]1CN(C(=O)c2cnc(C3CC3)nc2)Cc2cnc(C(C)(O)C(F)(F)F)n21. The lowest BCUT2D eigenvalue weighted by molar-refractivity contribution is -0.263. The summed E-state index contributed by atoms with van der Waals surface area (Å²) in [4.78, 5) is 26.7. The van der Waals surface area contributed by atoms with Gasteiger partial charge in [0, 0.05) is 24.9 Å². The van der Waals surface area contributed by atoms with E-state index in [0.717, 1.165) is 18.7 Å². The molecule has 2 atom stereocenters. The van der Waals surface area contributed by atoms with Crippen LogP contribution in [-0.2, 0) is 12.1 Å². The molecule has 0 radical (unpaired) electrons. The van der Waals surface area contributed by atoms with Gasteiger partial charge < -0.3 is 14.6 Å². The summed E-state index contributed by atoms with van der Waals surface area (Å²) in [5.41, 5.74) is -2.30. The zero-order valence-electron chi connectivity index (χ0n) is 15.4. The molecular weight excluding hydrogens is 375 g/mol. The minimum Gasteiger partial charge on any atom is -0.374 e. The maximum absolute atomic E-state index is 13.2. The third-order valence-corrected chi connectivity index (χ3v) is 5.29. The largest absolute Gasteiger partial charge is 0.424 e. The molecule has 1 N–H and O–H groups in total. The van der Waals surface area contributed by atoms with Gasteiger partial charge in [0.1, 0.15) is 5.82 Å². The second kappa shape index (κ2) is 6.26. The first-order chi connectivity index (χ1) is 13.1. The summed E-state index contributed by atoms with van der Waals surface area (Å²) in [6.07, 6.45) is 1.54. The van der Waals surface area contributed by atoms with Crippen LogP contribution in [0.5, 0.6) is 0 Å². The summed E-state index contributed by atoms with van der Waals surface area (Å²) in [5, 5.41) is 10.0. The Labute approximate surface area is 159 Å².